The Labute approximate surface area is 76.4 Å². The Morgan fingerprint density at radius 3 is 2.64 bits per heavy atom. The second-order valence-electron chi connectivity index (χ2n) is 3.50. The van der Waals surface area contributed by atoms with Crippen LogP contribution in [-0.2, 0) is 9.47 Å². The summed E-state index contributed by atoms with van der Waals surface area (Å²) in [4.78, 5) is 0. The average Bonchev–Trinajstić information content (AvgIpc) is 2.29. The van der Waals surface area contributed by atoms with Crippen molar-refractivity contribution in [1.82, 2.24) is 0 Å². The monoisotopic (exact) mass is 222 g/mol. The molecule has 0 aromatic rings. The molecule has 0 aromatic carbocycles. The Balaban J connectivity index is 2.41. The zero-order chi connectivity index (χ0) is 8.48. The van der Waals surface area contributed by atoms with Crippen LogP contribution in [-0.4, -0.2) is 23.8 Å². The molecule has 0 bridgehead atoms. The molecule has 1 fully saturated rings. The van der Waals surface area contributed by atoms with E-state index in [2.05, 4.69) is 22.9 Å². The second kappa shape index (κ2) is 3.42. The maximum atomic E-state index is 5.65. The van der Waals surface area contributed by atoms with Gasteiger partial charge in [-0.2, -0.15) is 0 Å². The molecular weight excluding hydrogens is 208 g/mol. The zero-order valence-electron chi connectivity index (χ0n) is 7.26. The van der Waals surface area contributed by atoms with Crippen LogP contribution in [0.3, 0.4) is 0 Å². The number of hydrogen-bond donors (Lipinski definition) is 0. The molecule has 0 radical (unpaired) electrons. The van der Waals surface area contributed by atoms with Gasteiger partial charge in [0.1, 0.15) is 0 Å². The van der Waals surface area contributed by atoms with Crippen LogP contribution in [0, 0.1) is 5.92 Å². The number of ether oxygens (including phenoxy) is 2. The van der Waals surface area contributed by atoms with Crippen LogP contribution in [0.4, 0.5) is 0 Å². The van der Waals surface area contributed by atoms with Gasteiger partial charge in [0.25, 0.3) is 0 Å². The van der Waals surface area contributed by atoms with Crippen molar-refractivity contribution in [3.05, 3.63) is 0 Å². The fourth-order valence-corrected chi connectivity index (χ4v) is 1.51. The predicted molar refractivity (Wildman–Crippen MR) is 47.9 cm³/mol. The van der Waals surface area contributed by atoms with Crippen molar-refractivity contribution in [3.8, 4) is 0 Å². The van der Waals surface area contributed by atoms with Crippen molar-refractivity contribution in [2.75, 3.05) is 11.9 Å². The summed E-state index contributed by atoms with van der Waals surface area (Å²) in [5, 5.41) is 0.969. The van der Waals surface area contributed by atoms with Gasteiger partial charge in [0.05, 0.1) is 12.7 Å². The molecule has 1 rings (SSSR count). The Hall–Kier alpha value is 0.400. The Bertz CT molecular complexity index is 136. The highest BCUT2D eigenvalue weighted by Gasteiger charge is 2.35. The fourth-order valence-electron chi connectivity index (χ4n) is 1.10. The summed E-state index contributed by atoms with van der Waals surface area (Å²) in [6.45, 7) is 6.78. The van der Waals surface area contributed by atoms with Gasteiger partial charge in [-0.15, -0.1) is 0 Å². The molecule has 0 spiro atoms. The molecule has 1 aliphatic heterocycles. The molecule has 66 valence electrons. The summed E-state index contributed by atoms with van der Waals surface area (Å²) in [5.74, 6) is 0.151. The third-order valence-corrected chi connectivity index (χ3v) is 2.93. The third kappa shape index (κ3) is 2.42. The Morgan fingerprint density at radius 2 is 2.27 bits per heavy atom. The van der Waals surface area contributed by atoms with Gasteiger partial charge in [0.15, 0.2) is 5.79 Å². The molecular formula is C8H15BrO2. The largest absolute Gasteiger partial charge is 0.348 e. The van der Waals surface area contributed by atoms with Crippen LogP contribution >= 0.6 is 15.9 Å². The van der Waals surface area contributed by atoms with Crippen LogP contribution in [0.5, 0.6) is 0 Å². The molecule has 0 aliphatic carbocycles. The van der Waals surface area contributed by atoms with E-state index >= 15 is 0 Å². The van der Waals surface area contributed by atoms with E-state index in [0.29, 0.717) is 5.92 Å². The van der Waals surface area contributed by atoms with Gasteiger partial charge in [-0.05, 0) is 19.8 Å². The number of halogens is 1. The van der Waals surface area contributed by atoms with E-state index in [9.17, 15) is 0 Å². The molecule has 0 saturated carbocycles. The van der Waals surface area contributed by atoms with E-state index in [1.54, 1.807) is 0 Å². The summed E-state index contributed by atoms with van der Waals surface area (Å²) in [6, 6.07) is 0. The highest BCUT2D eigenvalue weighted by atomic mass is 79.9. The van der Waals surface area contributed by atoms with Gasteiger partial charge in [-0.25, -0.2) is 0 Å². The lowest BCUT2D eigenvalue weighted by Gasteiger charge is -2.19. The molecule has 2 atom stereocenters. The maximum absolute atomic E-state index is 5.65. The molecule has 0 amide bonds. The van der Waals surface area contributed by atoms with E-state index in [-0.39, 0.29) is 11.9 Å². The summed E-state index contributed by atoms with van der Waals surface area (Å²) in [5.41, 5.74) is 0. The lowest BCUT2D eigenvalue weighted by atomic mass is 10.1. The first kappa shape index (κ1) is 9.49. The third-order valence-electron chi connectivity index (χ3n) is 1.91. The van der Waals surface area contributed by atoms with Gasteiger partial charge >= 0.3 is 0 Å². The van der Waals surface area contributed by atoms with Crippen molar-refractivity contribution in [3.63, 3.8) is 0 Å². The van der Waals surface area contributed by atoms with Crippen molar-refractivity contribution < 1.29 is 9.47 Å². The topological polar surface area (TPSA) is 18.5 Å². The molecule has 1 aliphatic rings. The molecule has 3 heteroatoms. The lowest BCUT2D eigenvalue weighted by Crippen LogP contribution is -2.25. The molecule has 11 heavy (non-hydrogen) atoms. The number of rotatable bonds is 2. The van der Waals surface area contributed by atoms with Crippen LogP contribution in [0.15, 0.2) is 0 Å². The zero-order valence-corrected chi connectivity index (χ0v) is 8.85. The van der Waals surface area contributed by atoms with Crippen LogP contribution in [0.1, 0.15) is 20.8 Å². The van der Waals surface area contributed by atoms with E-state index in [1.165, 1.54) is 0 Å². The van der Waals surface area contributed by atoms with Gasteiger partial charge in [0.2, 0.25) is 0 Å². The van der Waals surface area contributed by atoms with Gasteiger partial charge in [0, 0.05) is 5.33 Å². The predicted octanol–water partition coefficient (Wildman–Crippen LogP) is 2.17. The SMILES string of the molecule is CC(CBr)C1COC(C)(C)O1. The first-order valence-electron chi connectivity index (χ1n) is 3.93. The van der Waals surface area contributed by atoms with Gasteiger partial charge in [-0.1, -0.05) is 22.9 Å². The van der Waals surface area contributed by atoms with Crippen LogP contribution in [0.2, 0.25) is 0 Å². The average molecular weight is 223 g/mol. The van der Waals surface area contributed by atoms with Crippen LogP contribution in [0.25, 0.3) is 0 Å². The summed E-state index contributed by atoms with van der Waals surface area (Å²) in [6.07, 6.45) is 0.254. The van der Waals surface area contributed by atoms with Gasteiger partial charge < -0.3 is 9.47 Å². The van der Waals surface area contributed by atoms with Crippen molar-refractivity contribution in [2.24, 2.45) is 5.92 Å². The van der Waals surface area contributed by atoms with E-state index in [4.69, 9.17) is 9.47 Å². The van der Waals surface area contributed by atoms with Gasteiger partial charge in [-0.3, -0.25) is 0 Å². The molecule has 2 nitrogen and oxygen atoms in total. The highest BCUT2D eigenvalue weighted by molar-refractivity contribution is 9.09. The maximum Gasteiger partial charge on any atom is 0.163 e. The number of hydrogen-bond acceptors (Lipinski definition) is 2. The standard InChI is InChI=1S/C8H15BrO2/c1-6(4-9)7-5-10-8(2,3)11-7/h6-7H,4-5H2,1-3H3. The first-order chi connectivity index (χ1) is 5.05. The van der Waals surface area contributed by atoms with Crippen molar-refractivity contribution >= 4 is 15.9 Å². The number of alkyl halides is 1. The van der Waals surface area contributed by atoms with E-state index in [0.717, 1.165) is 11.9 Å². The minimum atomic E-state index is -0.374. The van der Waals surface area contributed by atoms with Crippen molar-refractivity contribution in [2.45, 2.75) is 32.7 Å². The quantitative estimate of drug-likeness (QED) is 0.668. The second-order valence-corrected chi connectivity index (χ2v) is 4.15. The summed E-state index contributed by atoms with van der Waals surface area (Å²) >= 11 is 3.43. The van der Waals surface area contributed by atoms with Crippen molar-refractivity contribution in [1.29, 1.82) is 0 Å². The molecule has 1 heterocycles. The van der Waals surface area contributed by atoms with E-state index < -0.39 is 0 Å². The van der Waals surface area contributed by atoms with E-state index in [1.807, 2.05) is 13.8 Å². The molecule has 1 saturated heterocycles. The van der Waals surface area contributed by atoms with Crippen LogP contribution < -0.4 is 0 Å². The fraction of sp³-hybridized carbons (Fsp3) is 1.00. The molecule has 0 N–H and O–H groups in total. The Kier molecular flexibility index (Phi) is 2.95. The minimum absolute atomic E-state index is 0.254. The minimum Gasteiger partial charge on any atom is -0.348 e. The Morgan fingerprint density at radius 1 is 1.64 bits per heavy atom. The first-order valence-corrected chi connectivity index (χ1v) is 5.05. The summed E-state index contributed by atoms with van der Waals surface area (Å²) < 4.78 is 11.1. The smallest absolute Gasteiger partial charge is 0.163 e. The molecule has 0 aromatic heterocycles. The summed E-state index contributed by atoms with van der Waals surface area (Å²) in [7, 11) is 0. The highest BCUT2D eigenvalue weighted by Crippen LogP contribution is 2.27. The lowest BCUT2D eigenvalue weighted by molar-refractivity contribution is -0.142. The normalized spacial score (nSPS) is 32.2. The molecule has 2 unspecified atom stereocenters.